The number of benzene rings is 2. The molecule has 0 fully saturated rings. The van der Waals surface area contributed by atoms with E-state index in [1.807, 2.05) is 0 Å². The van der Waals surface area contributed by atoms with E-state index in [1.165, 1.54) is 22.3 Å². The van der Waals surface area contributed by atoms with Gasteiger partial charge in [0.25, 0.3) is 0 Å². The van der Waals surface area contributed by atoms with Crippen LogP contribution in [0.2, 0.25) is 13.1 Å². The molecule has 0 saturated heterocycles. The molecule has 2 aromatic rings. The fourth-order valence-corrected chi connectivity index (χ4v) is 22.0. The molecule has 2 aromatic carbocycles. The molecule has 0 bridgehead atoms. The Kier molecular flexibility index (Phi) is 4.65. The summed E-state index contributed by atoms with van der Waals surface area (Å²) in [5, 5.41) is 0. The second-order valence-electron chi connectivity index (χ2n) is 8.29. The van der Waals surface area contributed by atoms with E-state index in [0.29, 0.717) is 0 Å². The van der Waals surface area contributed by atoms with Crippen LogP contribution < -0.4 is 3.80 Å². The van der Waals surface area contributed by atoms with E-state index in [2.05, 4.69) is 86.2 Å². The van der Waals surface area contributed by atoms with Crippen LogP contribution in [0.3, 0.4) is 0 Å². The van der Waals surface area contributed by atoms with Crippen molar-refractivity contribution in [1.82, 2.24) is 3.80 Å². The first kappa shape index (κ1) is 18.7. The Hall–Kier alpha value is -0.0888. The van der Waals surface area contributed by atoms with Gasteiger partial charge < -0.3 is 0 Å². The number of fused-ring (bicyclic) bond motifs is 3. The molecule has 1 nitrogen and oxygen atoms in total. The monoisotopic (exact) mass is 414 g/mol. The zero-order valence-electron chi connectivity index (χ0n) is 15.0. The van der Waals surface area contributed by atoms with Crippen molar-refractivity contribution in [2.75, 3.05) is 0 Å². The van der Waals surface area contributed by atoms with Crippen molar-refractivity contribution >= 4 is 25.3 Å². The van der Waals surface area contributed by atoms with Crippen LogP contribution in [-0.2, 0) is 12.7 Å². The van der Waals surface area contributed by atoms with E-state index >= 15 is 0 Å². The van der Waals surface area contributed by atoms with Gasteiger partial charge >= 0.3 is 156 Å². The first-order chi connectivity index (χ1) is 11.0. The van der Waals surface area contributed by atoms with Gasteiger partial charge in [0.05, 0.1) is 0 Å². The molecule has 5 heteroatoms. The van der Waals surface area contributed by atoms with Gasteiger partial charge in [0.1, 0.15) is 0 Å². The van der Waals surface area contributed by atoms with Crippen LogP contribution in [0.15, 0.2) is 48.5 Å². The van der Waals surface area contributed by atoms with Crippen LogP contribution in [0, 0.1) is 0 Å². The van der Waals surface area contributed by atoms with Crippen molar-refractivity contribution in [3.8, 4) is 11.1 Å². The Labute approximate surface area is 155 Å². The molecule has 0 aromatic heterocycles. The predicted octanol–water partition coefficient (Wildman–Crippen LogP) is 6.04. The second-order valence-corrected chi connectivity index (χ2v) is 36.4. The SMILES string of the molecule is C[SiH](C)[Ti]([Cl])([Cl])([NH]C(C)(C)C)[CH]1c2ccccc2-c2ccccc21. The average Bonchev–Trinajstić information content (AvgIpc) is 2.80. The van der Waals surface area contributed by atoms with Crippen molar-refractivity contribution in [2.24, 2.45) is 0 Å². The predicted molar refractivity (Wildman–Crippen MR) is 107 cm³/mol. The summed E-state index contributed by atoms with van der Waals surface area (Å²) in [6.45, 7) is 9.75. The van der Waals surface area contributed by atoms with Gasteiger partial charge in [-0.3, -0.25) is 0 Å². The van der Waals surface area contributed by atoms with Gasteiger partial charge in [0, 0.05) is 0 Å². The first-order valence-electron chi connectivity index (χ1n) is 8.59. The fraction of sp³-hybridized carbons (Fsp3) is 0.368. The molecule has 1 N–H and O–H groups in total. The maximum atomic E-state index is 7.58. The molecule has 1 aliphatic carbocycles. The van der Waals surface area contributed by atoms with Gasteiger partial charge in [0.2, 0.25) is 0 Å². The summed E-state index contributed by atoms with van der Waals surface area (Å²) in [5.41, 5.74) is 5.09. The standard InChI is InChI=1S/C13H9.C4H10N.C2H7Si.2ClH.Ti/c1-3-7-12-10(5-1)9-11-6-2-4-8-13(11)12;1-4(2,3)5;1-3-2;;;/h1-9H;5H,1-3H3;3H,1-2H3;2*1H;/q;-1;;;;+3/p-2. The molecule has 0 unspecified atom stereocenters. The summed E-state index contributed by atoms with van der Waals surface area (Å²) >= 11 is -4.04. The average molecular weight is 415 g/mol. The van der Waals surface area contributed by atoms with Gasteiger partial charge in [-0.2, -0.15) is 0 Å². The van der Waals surface area contributed by atoms with E-state index < -0.39 is 19.4 Å². The van der Waals surface area contributed by atoms with Crippen molar-refractivity contribution in [3.63, 3.8) is 0 Å². The zero-order valence-corrected chi connectivity index (χ0v) is 19.3. The van der Waals surface area contributed by atoms with Gasteiger partial charge in [-0.1, -0.05) is 0 Å². The first-order valence-corrected chi connectivity index (χ1v) is 20.2. The molecule has 0 spiro atoms. The van der Waals surface area contributed by atoms with Crippen LogP contribution in [0.4, 0.5) is 0 Å². The normalized spacial score (nSPS) is 16.6. The number of halogens is 2. The molecule has 129 valence electrons. The summed E-state index contributed by atoms with van der Waals surface area (Å²) < 4.78 is 3.93. The third-order valence-electron chi connectivity index (χ3n) is 5.04. The number of rotatable bonds is 3. The van der Waals surface area contributed by atoms with Crippen molar-refractivity contribution in [3.05, 3.63) is 59.7 Å². The Morgan fingerprint density at radius 3 is 1.67 bits per heavy atom. The number of hydrogen-bond acceptors (Lipinski definition) is 1. The molecular weight excluding hydrogens is 389 g/mol. The molecule has 0 aliphatic heterocycles. The van der Waals surface area contributed by atoms with Gasteiger partial charge in [-0.25, -0.2) is 0 Å². The van der Waals surface area contributed by atoms with Crippen LogP contribution in [0.5, 0.6) is 0 Å². The Bertz CT molecular complexity index is 737. The van der Waals surface area contributed by atoms with E-state index in [-0.39, 0.29) is 9.76 Å². The summed E-state index contributed by atoms with van der Waals surface area (Å²) in [5.74, 6) is 0. The third kappa shape index (κ3) is 2.96. The van der Waals surface area contributed by atoms with Crippen molar-refractivity contribution in [1.29, 1.82) is 0 Å². The van der Waals surface area contributed by atoms with Gasteiger partial charge in [0.15, 0.2) is 0 Å². The van der Waals surface area contributed by atoms with Crippen molar-refractivity contribution in [2.45, 2.75) is 43.6 Å². The molecule has 24 heavy (non-hydrogen) atoms. The Morgan fingerprint density at radius 2 is 1.29 bits per heavy atom. The molecule has 0 saturated carbocycles. The number of nitrogens with one attached hydrogen (secondary N) is 1. The van der Waals surface area contributed by atoms with Crippen LogP contribution >= 0.6 is 18.6 Å². The zero-order chi connectivity index (χ0) is 17.8. The summed E-state index contributed by atoms with van der Waals surface area (Å²) in [7, 11) is 15.2. The molecule has 3 rings (SSSR count). The van der Waals surface area contributed by atoms with Gasteiger partial charge in [-0.05, 0) is 0 Å². The third-order valence-corrected chi connectivity index (χ3v) is 37.0. The Morgan fingerprint density at radius 1 is 0.875 bits per heavy atom. The molecule has 0 atom stereocenters. The Balaban J connectivity index is 2.30. The van der Waals surface area contributed by atoms with E-state index in [1.54, 1.807) is 0 Å². The number of hydrogen-bond donors (Lipinski definition) is 1. The van der Waals surface area contributed by atoms with Crippen molar-refractivity contribution < 1.29 is 12.7 Å². The van der Waals surface area contributed by atoms with E-state index in [0.717, 1.165) is 0 Å². The fourth-order valence-electron chi connectivity index (χ4n) is 3.99. The molecule has 0 radical (unpaired) electrons. The maximum absolute atomic E-state index is 7.58. The molecule has 0 heterocycles. The van der Waals surface area contributed by atoms with Gasteiger partial charge in [-0.15, -0.1) is 0 Å². The van der Waals surface area contributed by atoms with Crippen LogP contribution in [-0.4, -0.2) is 12.2 Å². The van der Waals surface area contributed by atoms with Crippen LogP contribution in [0.1, 0.15) is 36.1 Å². The second kappa shape index (κ2) is 5.97. The summed E-state index contributed by atoms with van der Waals surface area (Å²) in [6.07, 6.45) is 0. The van der Waals surface area contributed by atoms with E-state index in [4.69, 9.17) is 18.6 Å². The quantitative estimate of drug-likeness (QED) is 0.603. The topological polar surface area (TPSA) is 12.0 Å². The summed E-state index contributed by atoms with van der Waals surface area (Å²) in [6, 6.07) is 17.3. The van der Waals surface area contributed by atoms with E-state index in [9.17, 15) is 0 Å². The molecule has 1 aliphatic rings. The minimum atomic E-state index is -4.04. The molecule has 0 amide bonds. The molecular formula is C19H26Cl2NSiTi. The van der Waals surface area contributed by atoms with Crippen LogP contribution in [0.25, 0.3) is 11.1 Å². The minimum absolute atomic E-state index is 0.107. The summed E-state index contributed by atoms with van der Waals surface area (Å²) in [4.78, 5) is 0.